The first-order valence-corrected chi connectivity index (χ1v) is 5.80. The Morgan fingerprint density at radius 3 is 2.67 bits per heavy atom. The van der Waals surface area contributed by atoms with Gasteiger partial charge in [-0.2, -0.15) is 19.9 Å². The van der Waals surface area contributed by atoms with Gasteiger partial charge in [-0.1, -0.05) is 5.16 Å². The van der Waals surface area contributed by atoms with E-state index in [9.17, 15) is 0 Å². The molecule has 18 heavy (non-hydrogen) atoms. The molecular weight excluding hydrogens is 258 g/mol. The highest BCUT2D eigenvalue weighted by Gasteiger charge is 2.04. The van der Waals surface area contributed by atoms with Crippen LogP contribution in [0, 0.1) is 0 Å². The van der Waals surface area contributed by atoms with Gasteiger partial charge >= 0.3 is 0 Å². The molecule has 2 N–H and O–H groups in total. The number of nitrogens with zero attached hydrogens (tertiary/aromatic N) is 5. The van der Waals surface area contributed by atoms with E-state index in [2.05, 4.69) is 40.2 Å². The molecule has 0 unspecified atom stereocenters. The van der Waals surface area contributed by atoms with Gasteiger partial charge < -0.3 is 15.2 Å². The lowest BCUT2D eigenvalue weighted by atomic mass is 10.4. The third kappa shape index (κ3) is 3.52. The van der Waals surface area contributed by atoms with Gasteiger partial charge in [-0.15, -0.1) is 0 Å². The summed E-state index contributed by atoms with van der Waals surface area (Å²) in [4.78, 5) is 15.9. The molecule has 0 radical (unpaired) electrons. The Morgan fingerprint density at radius 2 is 2.00 bits per heavy atom. The highest BCUT2D eigenvalue weighted by Crippen LogP contribution is 2.09. The molecule has 0 atom stereocenters. The normalized spacial score (nSPS) is 10.3. The molecule has 9 heteroatoms. The van der Waals surface area contributed by atoms with Gasteiger partial charge in [0.25, 0.3) is 0 Å². The van der Waals surface area contributed by atoms with Gasteiger partial charge in [0.2, 0.25) is 23.6 Å². The molecule has 96 valence electrons. The van der Waals surface area contributed by atoms with Crippen LogP contribution in [-0.4, -0.2) is 38.2 Å². The predicted octanol–water partition coefficient (Wildman–Crippen LogP) is 0.994. The fraction of sp³-hybridized carbons (Fsp3) is 0.444. The Hall–Kier alpha value is -1.96. The molecular formula is C9H12ClN7O. The van der Waals surface area contributed by atoms with E-state index in [0.717, 1.165) is 0 Å². The summed E-state index contributed by atoms with van der Waals surface area (Å²) in [6, 6.07) is 0. The summed E-state index contributed by atoms with van der Waals surface area (Å²) in [6.45, 7) is 3.23. The third-order valence-electron chi connectivity index (χ3n) is 1.98. The maximum atomic E-state index is 5.78. The van der Waals surface area contributed by atoms with Gasteiger partial charge in [-0.25, -0.2) is 0 Å². The average Bonchev–Trinajstić information content (AvgIpc) is 2.82. The lowest BCUT2D eigenvalue weighted by Crippen LogP contribution is -2.11. The van der Waals surface area contributed by atoms with Crippen molar-refractivity contribution in [1.29, 1.82) is 0 Å². The Balaban J connectivity index is 1.92. The minimum Gasteiger partial charge on any atom is -0.354 e. The van der Waals surface area contributed by atoms with E-state index in [0.29, 0.717) is 37.2 Å². The quantitative estimate of drug-likeness (QED) is 0.801. The molecule has 2 rings (SSSR count). The molecule has 0 aliphatic heterocycles. The fourth-order valence-corrected chi connectivity index (χ4v) is 1.42. The van der Waals surface area contributed by atoms with Crippen LogP contribution in [0.4, 0.5) is 11.9 Å². The van der Waals surface area contributed by atoms with Crippen molar-refractivity contribution < 1.29 is 4.52 Å². The number of hydrogen-bond acceptors (Lipinski definition) is 8. The largest absolute Gasteiger partial charge is 0.354 e. The van der Waals surface area contributed by atoms with Gasteiger partial charge in [0.05, 0.1) is 0 Å². The van der Waals surface area contributed by atoms with Crippen molar-refractivity contribution in [3.8, 4) is 0 Å². The van der Waals surface area contributed by atoms with E-state index in [4.69, 9.17) is 11.6 Å². The fourth-order valence-electron chi connectivity index (χ4n) is 1.26. The Kier molecular flexibility index (Phi) is 4.24. The van der Waals surface area contributed by atoms with Crippen LogP contribution in [0.15, 0.2) is 10.9 Å². The minimum absolute atomic E-state index is 0.142. The summed E-state index contributed by atoms with van der Waals surface area (Å²) in [6.07, 6.45) is 1.90. The smallest absolute Gasteiger partial charge is 0.228 e. The van der Waals surface area contributed by atoms with Crippen molar-refractivity contribution in [2.75, 3.05) is 23.7 Å². The maximum absolute atomic E-state index is 5.78. The van der Waals surface area contributed by atoms with Crippen LogP contribution in [-0.2, 0) is 6.42 Å². The van der Waals surface area contributed by atoms with Crippen molar-refractivity contribution in [2.24, 2.45) is 0 Å². The second kappa shape index (κ2) is 6.10. The second-order valence-corrected chi connectivity index (χ2v) is 3.64. The predicted molar refractivity (Wildman–Crippen MR) is 65.5 cm³/mol. The van der Waals surface area contributed by atoms with Gasteiger partial charge in [-0.05, 0) is 18.5 Å². The van der Waals surface area contributed by atoms with E-state index in [1.54, 1.807) is 0 Å². The first kappa shape index (κ1) is 12.5. The molecule has 0 amide bonds. The summed E-state index contributed by atoms with van der Waals surface area (Å²) in [5, 5.41) is 9.82. The van der Waals surface area contributed by atoms with Crippen molar-refractivity contribution >= 4 is 23.5 Å². The zero-order chi connectivity index (χ0) is 12.8. The molecule has 2 aromatic rings. The van der Waals surface area contributed by atoms with Crippen LogP contribution in [0.25, 0.3) is 0 Å². The van der Waals surface area contributed by atoms with E-state index < -0.39 is 0 Å². The first-order valence-electron chi connectivity index (χ1n) is 5.42. The van der Waals surface area contributed by atoms with E-state index in [-0.39, 0.29) is 5.28 Å². The zero-order valence-corrected chi connectivity index (χ0v) is 10.5. The number of rotatable bonds is 6. The minimum atomic E-state index is 0.142. The lowest BCUT2D eigenvalue weighted by Gasteiger charge is -2.06. The van der Waals surface area contributed by atoms with Crippen molar-refractivity contribution in [3.63, 3.8) is 0 Å². The number of nitrogens with one attached hydrogen (secondary N) is 2. The van der Waals surface area contributed by atoms with Crippen molar-refractivity contribution in [3.05, 3.63) is 17.5 Å². The molecule has 0 bridgehead atoms. The molecule has 2 heterocycles. The summed E-state index contributed by atoms with van der Waals surface area (Å²) in [7, 11) is 0. The van der Waals surface area contributed by atoms with Crippen LogP contribution < -0.4 is 10.6 Å². The molecule has 0 spiro atoms. The average molecular weight is 270 g/mol. The Bertz CT molecular complexity index is 490. The molecule has 0 aliphatic carbocycles. The van der Waals surface area contributed by atoms with Gasteiger partial charge in [0.15, 0.2) is 5.82 Å². The van der Waals surface area contributed by atoms with E-state index >= 15 is 0 Å². The summed E-state index contributed by atoms with van der Waals surface area (Å²) >= 11 is 5.78. The SMILES string of the molecule is CCNc1nc(Cl)nc(NCCc2ncon2)n1. The molecule has 2 aromatic heterocycles. The molecule has 0 saturated heterocycles. The maximum Gasteiger partial charge on any atom is 0.228 e. The van der Waals surface area contributed by atoms with Crippen LogP contribution in [0.2, 0.25) is 5.28 Å². The van der Waals surface area contributed by atoms with E-state index in [1.165, 1.54) is 6.39 Å². The highest BCUT2D eigenvalue weighted by atomic mass is 35.5. The van der Waals surface area contributed by atoms with E-state index in [1.807, 2.05) is 6.92 Å². The molecule has 0 fully saturated rings. The van der Waals surface area contributed by atoms with Gasteiger partial charge in [0.1, 0.15) is 0 Å². The lowest BCUT2D eigenvalue weighted by molar-refractivity contribution is 0.410. The topological polar surface area (TPSA) is 102 Å². The number of halogens is 1. The molecule has 0 aliphatic rings. The molecule has 0 saturated carbocycles. The van der Waals surface area contributed by atoms with Crippen LogP contribution in [0.5, 0.6) is 0 Å². The van der Waals surface area contributed by atoms with Crippen LogP contribution >= 0.6 is 11.6 Å². The van der Waals surface area contributed by atoms with Crippen LogP contribution in [0.3, 0.4) is 0 Å². The Morgan fingerprint density at radius 1 is 1.22 bits per heavy atom. The van der Waals surface area contributed by atoms with Crippen molar-refractivity contribution in [1.82, 2.24) is 25.1 Å². The van der Waals surface area contributed by atoms with Crippen LogP contribution in [0.1, 0.15) is 12.7 Å². The second-order valence-electron chi connectivity index (χ2n) is 3.31. The van der Waals surface area contributed by atoms with Gasteiger partial charge in [0, 0.05) is 19.5 Å². The number of anilines is 2. The number of hydrogen-bond donors (Lipinski definition) is 2. The summed E-state index contributed by atoms with van der Waals surface area (Å²) in [5.74, 6) is 1.48. The zero-order valence-electron chi connectivity index (χ0n) is 9.72. The standard InChI is InChI=1S/C9H12ClN7O/c1-2-11-8-14-7(10)15-9(16-8)12-4-3-6-13-5-18-17-6/h5H,2-4H2,1H3,(H2,11,12,14,15,16). The molecule has 0 aromatic carbocycles. The highest BCUT2D eigenvalue weighted by molar-refractivity contribution is 6.28. The third-order valence-corrected chi connectivity index (χ3v) is 2.15. The monoisotopic (exact) mass is 269 g/mol. The summed E-state index contributed by atoms with van der Waals surface area (Å²) < 4.78 is 4.63. The van der Waals surface area contributed by atoms with Crippen molar-refractivity contribution in [2.45, 2.75) is 13.3 Å². The first-order chi connectivity index (χ1) is 8.78. The number of aromatic nitrogens is 5. The van der Waals surface area contributed by atoms with Gasteiger partial charge in [-0.3, -0.25) is 0 Å². The Labute approximate surface area is 108 Å². The summed E-state index contributed by atoms with van der Waals surface area (Å²) in [5.41, 5.74) is 0. The molecule has 8 nitrogen and oxygen atoms in total.